The highest BCUT2D eigenvalue weighted by molar-refractivity contribution is 6.31. The SMILES string of the molecule is O=C1COc2ccc(CCN3CCN(c4cc(Cl)cc5[nH]ccc45)CC3)cc2N1.O=C1COc2ccc(CCN3CCN(c4ccnc5[nH]ccc45)CC3)cc2N1. The summed E-state index contributed by atoms with van der Waals surface area (Å²) < 4.78 is 10.9. The van der Waals surface area contributed by atoms with E-state index in [9.17, 15) is 9.59 Å². The van der Waals surface area contributed by atoms with Crippen molar-refractivity contribution in [2.24, 2.45) is 0 Å². The molecule has 0 spiro atoms. The minimum Gasteiger partial charge on any atom is -0.482 e. The van der Waals surface area contributed by atoms with Crippen LogP contribution < -0.4 is 29.9 Å². The molecule has 14 heteroatoms. The third kappa shape index (κ3) is 8.36. The molecule has 4 aliphatic heterocycles. The van der Waals surface area contributed by atoms with Crippen LogP contribution in [0.3, 0.4) is 0 Å². The average Bonchev–Trinajstić information content (AvgIpc) is 3.92. The molecule has 0 unspecified atom stereocenters. The Hall–Kier alpha value is -5.76. The smallest absolute Gasteiger partial charge is 0.262 e. The number of anilines is 4. The fraction of sp³-hybridized carbons (Fsp3) is 0.326. The number of hydrogen-bond acceptors (Lipinski definition) is 9. The number of hydrogen-bond donors (Lipinski definition) is 4. The minimum atomic E-state index is -0.0942. The van der Waals surface area contributed by atoms with Crippen molar-refractivity contribution >= 4 is 68.1 Å². The number of piperazine rings is 2. The summed E-state index contributed by atoms with van der Waals surface area (Å²) in [5.41, 5.74) is 8.49. The van der Waals surface area contributed by atoms with Gasteiger partial charge < -0.3 is 39.9 Å². The van der Waals surface area contributed by atoms with Crippen molar-refractivity contribution in [3.8, 4) is 11.5 Å². The Balaban J connectivity index is 0.000000148. The third-order valence-corrected chi connectivity index (χ3v) is 11.5. The van der Waals surface area contributed by atoms with Crippen molar-refractivity contribution < 1.29 is 19.1 Å². The van der Waals surface area contributed by atoms with Crippen LogP contribution in [0.2, 0.25) is 5.02 Å². The van der Waals surface area contributed by atoms with Gasteiger partial charge in [0.2, 0.25) is 0 Å². The number of ether oxygens (including phenoxy) is 2. The van der Waals surface area contributed by atoms with Crippen molar-refractivity contribution in [3.63, 3.8) is 0 Å². The number of amides is 2. The lowest BCUT2D eigenvalue weighted by molar-refractivity contribution is -0.119. The summed E-state index contributed by atoms with van der Waals surface area (Å²) in [6.07, 6.45) is 7.69. The number of fused-ring (bicyclic) bond motifs is 4. The van der Waals surface area contributed by atoms with Crippen molar-refractivity contribution in [1.29, 1.82) is 0 Å². The monoisotopic (exact) mass is 787 g/mol. The number of halogens is 1. The Morgan fingerprint density at radius 3 is 1.79 bits per heavy atom. The standard InChI is InChI=1S/C22H23ClN4O2.C21H23N5O2/c23-16-12-18-17(3-5-24-18)20(13-16)27-9-7-26(8-10-27)6-4-15-1-2-21-19(11-15)25-22(28)14-29-21;27-20-14-28-19-2-1-15(13-17(19)24-20)5-8-25-9-11-26(12-10-25)18-4-7-23-21-16(18)3-6-22-21/h1-3,5,11-13,24H,4,6-10,14H2,(H,25,28);1-4,6-7,13H,5,8-12,14H2,(H,22,23)(H,24,27). The van der Waals surface area contributed by atoms with Crippen molar-refractivity contribution in [2.45, 2.75) is 12.8 Å². The second kappa shape index (κ2) is 16.4. The second-order valence-electron chi connectivity index (χ2n) is 14.9. The van der Waals surface area contributed by atoms with Crippen LogP contribution in [0.5, 0.6) is 11.5 Å². The molecule has 3 aromatic carbocycles. The fourth-order valence-electron chi connectivity index (χ4n) is 8.17. The number of carbonyl (C=O) groups is 2. The molecule has 4 N–H and O–H groups in total. The van der Waals surface area contributed by atoms with Crippen molar-refractivity contribution in [1.82, 2.24) is 24.8 Å². The van der Waals surface area contributed by atoms with E-state index in [-0.39, 0.29) is 25.0 Å². The zero-order chi connectivity index (χ0) is 38.7. The summed E-state index contributed by atoms with van der Waals surface area (Å²) in [5, 5.41) is 8.94. The molecule has 0 radical (unpaired) electrons. The van der Waals surface area contributed by atoms with Crippen LogP contribution in [-0.2, 0) is 22.4 Å². The van der Waals surface area contributed by atoms with Gasteiger partial charge in [-0.25, -0.2) is 4.98 Å². The molecular formula is C43H46ClN9O4. The predicted octanol–water partition coefficient (Wildman–Crippen LogP) is 5.78. The Kier molecular flexibility index (Phi) is 10.6. The number of carbonyl (C=O) groups excluding carboxylic acids is 2. The maximum atomic E-state index is 11.5. The molecule has 13 nitrogen and oxygen atoms in total. The highest BCUT2D eigenvalue weighted by Crippen LogP contribution is 2.33. The first-order valence-corrected chi connectivity index (χ1v) is 20.0. The molecular weight excluding hydrogens is 742 g/mol. The van der Waals surface area contributed by atoms with Crippen LogP contribution in [0.15, 0.2) is 85.3 Å². The number of nitrogens with zero attached hydrogens (tertiary/aromatic N) is 5. The van der Waals surface area contributed by atoms with E-state index in [0.29, 0.717) is 0 Å². The summed E-state index contributed by atoms with van der Waals surface area (Å²) >= 11 is 6.31. The van der Waals surface area contributed by atoms with Gasteiger partial charge in [0.1, 0.15) is 17.1 Å². The maximum Gasteiger partial charge on any atom is 0.262 e. The van der Waals surface area contributed by atoms with E-state index in [1.54, 1.807) is 0 Å². The number of nitrogens with one attached hydrogen (secondary N) is 4. The Morgan fingerprint density at radius 2 is 1.18 bits per heavy atom. The van der Waals surface area contributed by atoms with Gasteiger partial charge in [0.05, 0.1) is 11.4 Å². The van der Waals surface area contributed by atoms with Crippen molar-refractivity contribution in [3.05, 3.63) is 101 Å². The van der Waals surface area contributed by atoms with Gasteiger partial charge >= 0.3 is 0 Å². The number of aromatic amines is 2. The minimum absolute atomic E-state index is 0.0894. The quantitative estimate of drug-likeness (QED) is 0.152. The largest absolute Gasteiger partial charge is 0.482 e. The maximum absolute atomic E-state index is 11.5. The van der Waals surface area contributed by atoms with Crippen LogP contribution in [0, 0.1) is 0 Å². The Morgan fingerprint density at radius 1 is 0.614 bits per heavy atom. The number of benzene rings is 3. The number of pyridine rings is 1. The zero-order valence-corrected chi connectivity index (χ0v) is 32.5. The highest BCUT2D eigenvalue weighted by Gasteiger charge is 2.22. The molecule has 57 heavy (non-hydrogen) atoms. The lowest BCUT2D eigenvalue weighted by atomic mass is 10.1. The zero-order valence-electron chi connectivity index (χ0n) is 31.7. The summed E-state index contributed by atoms with van der Waals surface area (Å²) in [5.74, 6) is 1.32. The average molecular weight is 788 g/mol. The van der Waals surface area contributed by atoms with E-state index in [1.807, 2.05) is 48.9 Å². The van der Waals surface area contributed by atoms with Crippen LogP contribution >= 0.6 is 11.6 Å². The molecule has 0 atom stereocenters. The Labute approximate surface area is 335 Å². The van der Waals surface area contributed by atoms with Crippen molar-refractivity contribution in [2.75, 3.05) is 99.1 Å². The summed E-state index contributed by atoms with van der Waals surface area (Å²) in [4.78, 5) is 43.7. The first-order chi connectivity index (χ1) is 27.9. The third-order valence-electron chi connectivity index (χ3n) is 11.3. The van der Waals surface area contributed by atoms with E-state index in [4.69, 9.17) is 21.1 Å². The molecule has 294 valence electrons. The second-order valence-corrected chi connectivity index (χ2v) is 15.4. The van der Waals surface area contributed by atoms with Gasteiger partial charge in [-0.2, -0.15) is 0 Å². The molecule has 2 fully saturated rings. The molecule has 7 heterocycles. The Bertz CT molecular complexity index is 2400. The summed E-state index contributed by atoms with van der Waals surface area (Å²) in [7, 11) is 0. The molecule has 0 saturated carbocycles. The molecule has 0 bridgehead atoms. The molecule has 3 aromatic heterocycles. The summed E-state index contributed by atoms with van der Waals surface area (Å²) in [6.45, 7) is 10.3. The molecule has 10 rings (SSSR count). The lowest BCUT2D eigenvalue weighted by Crippen LogP contribution is -2.47. The predicted molar refractivity (Wildman–Crippen MR) is 225 cm³/mol. The van der Waals surface area contributed by atoms with Crippen LogP contribution in [0.4, 0.5) is 22.7 Å². The summed E-state index contributed by atoms with van der Waals surface area (Å²) in [6, 6.07) is 22.5. The fourth-order valence-corrected chi connectivity index (χ4v) is 8.38. The molecule has 2 amide bonds. The van der Waals surface area contributed by atoms with E-state index in [1.165, 1.54) is 33.3 Å². The van der Waals surface area contributed by atoms with Crippen LogP contribution in [0.25, 0.3) is 21.9 Å². The number of H-pyrrole nitrogens is 2. The topological polar surface area (TPSA) is 134 Å². The molecule has 6 aromatic rings. The normalized spacial score (nSPS) is 17.2. The first-order valence-electron chi connectivity index (χ1n) is 19.7. The van der Waals surface area contributed by atoms with Gasteiger partial charge in [-0.05, 0) is 78.6 Å². The van der Waals surface area contributed by atoms with Gasteiger partial charge in [-0.15, -0.1) is 0 Å². The van der Waals surface area contributed by atoms with E-state index >= 15 is 0 Å². The van der Waals surface area contributed by atoms with Gasteiger partial charge in [-0.3, -0.25) is 19.4 Å². The van der Waals surface area contributed by atoms with Gasteiger partial charge in [0, 0.05) is 117 Å². The van der Waals surface area contributed by atoms with Crippen LogP contribution in [0.1, 0.15) is 11.1 Å². The highest BCUT2D eigenvalue weighted by atomic mass is 35.5. The number of rotatable bonds is 8. The van der Waals surface area contributed by atoms with E-state index in [2.05, 4.69) is 81.6 Å². The van der Waals surface area contributed by atoms with Gasteiger partial charge in [0.25, 0.3) is 11.8 Å². The van der Waals surface area contributed by atoms with Gasteiger partial charge in [0.15, 0.2) is 13.2 Å². The number of aromatic nitrogens is 3. The lowest BCUT2D eigenvalue weighted by Gasteiger charge is -2.36. The van der Waals surface area contributed by atoms with Crippen LogP contribution in [-0.4, -0.2) is 115 Å². The molecule has 4 aliphatic rings. The van der Waals surface area contributed by atoms with Gasteiger partial charge in [-0.1, -0.05) is 23.7 Å². The van der Waals surface area contributed by atoms with E-state index < -0.39 is 0 Å². The first kappa shape index (κ1) is 36.9. The molecule has 0 aliphatic carbocycles. The molecule has 2 saturated heterocycles. The van der Waals surface area contributed by atoms with E-state index in [0.717, 1.165) is 117 Å².